The summed E-state index contributed by atoms with van der Waals surface area (Å²) in [6, 6.07) is 15.0. The fourth-order valence-corrected chi connectivity index (χ4v) is 9.30. The lowest BCUT2D eigenvalue weighted by Gasteiger charge is -2.30. The molecule has 3 aliphatic rings. The molecular formula is C51H73N7O8. The summed E-state index contributed by atoms with van der Waals surface area (Å²) in [7, 11) is 1.69. The predicted octanol–water partition coefficient (Wildman–Crippen LogP) is 3.81. The quantitative estimate of drug-likeness (QED) is 0.222. The third-order valence-corrected chi connectivity index (χ3v) is 13.7. The van der Waals surface area contributed by atoms with E-state index in [9.17, 15) is 38.4 Å². The van der Waals surface area contributed by atoms with Crippen molar-refractivity contribution < 1.29 is 38.4 Å². The molecule has 2 aromatic rings. The number of carbonyl (C=O) groups is 8. The number of hydrogen-bond donors (Lipinski definition) is 5. The number of nitrogens with zero attached hydrogens (tertiary/aromatic N) is 2. The van der Waals surface area contributed by atoms with Gasteiger partial charge in [-0.1, -0.05) is 80.9 Å². The Labute approximate surface area is 390 Å². The number of Topliss-reactive ketones (excluding diaryl/α,β-unsaturated/α-hetero) is 2. The lowest BCUT2D eigenvalue weighted by molar-refractivity contribution is -0.143. The van der Waals surface area contributed by atoms with Crippen molar-refractivity contribution in [2.24, 2.45) is 17.8 Å². The number of fused-ring (bicyclic) bond motifs is 2. The molecule has 3 heterocycles. The van der Waals surface area contributed by atoms with E-state index >= 15 is 0 Å². The SMILES string of the molecule is CC[C@@H](C)C(=O)N[C@H]1CCCCNC(=O)[C@H](Cc2ccccc2)CC(=O)C2CCCN2C(=O)[C@@H](CC(=O)[C@H](C)NC)CCCCNC(=O)[C@H](Cc2ccccc2)NC(=O)[C@@H]2CCCN2C1=O. The highest BCUT2D eigenvalue weighted by atomic mass is 16.2. The number of hydrogen-bond acceptors (Lipinski definition) is 9. The maximum absolute atomic E-state index is 14.4. The van der Waals surface area contributed by atoms with Gasteiger partial charge in [-0.25, -0.2) is 0 Å². The molecule has 8 atom stereocenters. The van der Waals surface area contributed by atoms with Gasteiger partial charge >= 0.3 is 0 Å². The van der Waals surface area contributed by atoms with Crippen LogP contribution in [0.15, 0.2) is 60.7 Å². The molecule has 3 saturated heterocycles. The molecule has 6 amide bonds. The van der Waals surface area contributed by atoms with Crippen LogP contribution in [0.5, 0.6) is 0 Å². The van der Waals surface area contributed by atoms with Gasteiger partial charge < -0.3 is 36.4 Å². The van der Waals surface area contributed by atoms with Crippen molar-refractivity contribution in [1.82, 2.24) is 36.4 Å². The van der Waals surface area contributed by atoms with Crippen LogP contribution in [-0.2, 0) is 51.2 Å². The molecule has 0 aliphatic carbocycles. The van der Waals surface area contributed by atoms with Crippen LogP contribution in [-0.4, -0.2) is 120 Å². The Morgan fingerprint density at radius 3 is 1.86 bits per heavy atom. The summed E-state index contributed by atoms with van der Waals surface area (Å²) >= 11 is 0. The fraction of sp³-hybridized carbons (Fsp3) is 0.608. The molecule has 1 unspecified atom stereocenters. The first kappa shape index (κ1) is 51.5. The molecule has 0 bridgehead atoms. The normalized spacial score (nSPS) is 25.8. The molecule has 0 spiro atoms. The lowest BCUT2D eigenvalue weighted by atomic mass is 9.89. The van der Waals surface area contributed by atoms with Crippen LogP contribution < -0.4 is 26.6 Å². The van der Waals surface area contributed by atoms with E-state index in [1.807, 2.05) is 67.6 Å². The van der Waals surface area contributed by atoms with Gasteiger partial charge in [0.05, 0.1) is 12.1 Å². The minimum atomic E-state index is -0.945. The monoisotopic (exact) mass is 912 g/mol. The largest absolute Gasteiger partial charge is 0.356 e. The Hall–Kier alpha value is -5.44. The summed E-state index contributed by atoms with van der Waals surface area (Å²) in [6.07, 6.45) is 5.71. The second-order valence-electron chi connectivity index (χ2n) is 18.5. The second-order valence-corrected chi connectivity index (χ2v) is 18.5. The molecule has 15 nitrogen and oxygen atoms in total. The Kier molecular flexibility index (Phi) is 20.3. The lowest BCUT2D eigenvalue weighted by Crippen LogP contribution is -2.57. The minimum absolute atomic E-state index is 0.000491. The van der Waals surface area contributed by atoms with Crippen molar-refractivity contribution in [2.75, 3.05) is 33.2 Å². The summed E-state index contributed by atoms with van der Waals surface area (Å²) in [4.78, 5) is 115. The zero-order valence-corrected chi connectivity index (χ0v) is 39.5. The number of rotatable bonds is 11. The van der Waals surface area contributed by atoms with E-state index in [4.69, 9.17) is 0 Å². The van der Waals surface area contributed by atoms with Crippen molar-refractivity contribution in [2.45, 2.75) is 147 Å². The molecule has 3 aliphatic heterocycles. The molecule has 66 heavy (non-hydrogen) atoms. The maximum atomic E-state index is 14.4. The topological polar surface area (TPSA) is 203 Å². The van der Waals surface area contributed by atoms with Crippen molar-refractivity contribution >= 4 is 47.0 Å². The predicted molar refractivity (Wildman–Crippen MR) is 252 cm³/mol. The second kappa shape index (κ2) is 26.0. The van der Waals surface area contributed by atoms with Crippen LogP contribution in [0.3, 0.4) is 0 Å². The summed E-state index contributed by atoms with van der Waals surface area (Å²) in [5, 5.41) is 14.9. The first-order valence-electron chi connectivity index (χ1n) is 24.4. The highest BCUT2D eigenvalue weighted by molar-refractivity contribution is 5.96. The van der Waals surface area contributed by atoms with Gasteiger partial charge in [-0.05, 0) is 95.7 Å². The first-order valence-corrected chi connectivity index (χ1v) is 24.4. The van der Waals surface area contributed by atoms with Crippen LogP contribution in [0, 0.1) is 17.8 Å². The zero-order chi connectivity index (χ0) is 47.6. The van der Waals surface area contributed by atoms with E-state index in [1.165, 1.54) is 4.90 Å². The van der Waals surface area contributed by atoms with E-state index in [-0.39, 0.29) is 85.8 Å². The first-order chi connectivity index (χ1) is 31.8. The highest BCUT2D eigenvalue weighted by Gasteiger charge is 2.41. The molecule has 0 radical (unpaired) electrons. The molecular weight excluding hydrogens is 839 g/mol. The van der Waals surface area contributed by atoms with E-state index in [2.05, 4.69) is 26.6 Å². The fourth-order valence-electron chi connectivity index (χ4n) is 9.30. The summed E-state index contributed by atoms with van der Waals surface area (Å²) in [5.41, 5.74) is 1.74. The maximum Gasteiger partial charge on any atom is 0.245 e. The Morgan fingerprint density at radius 1 is 0.667 bits per heavy atom. The number of carbonyl (C=O) groups excluding carboxylic acids is 8. The van der Waals surface area contributed by atoms with Gasteiger partial charge in [-0.3, -0.25) is 38.4 Å². The summed E-state index contributed by atoms with van der Waals surface area (Å²) in [5.74, 6) is -3.99. The molecule has 0 aromatic heterocycles. The van der Waals surface area contributed by atoms with E-state index in [1.54, 1.807) is 25.8 Å². The molecule has 0 saturated carbocycles. The third kappa shape index (κ3) is 14.8. The van der Waals surface area contributed by atoms with Crippen molar-refractivity contribution in [3.8, 4) is 0 Å². The van der Waals surface area contributed by atoms with Crippen LogP contribution in [0.4, 0.5) is 0 Å². The van der Waals surface area contributed by atoms with Gasteiger partial charge in [0.25, 0.3) is 0 Å². The van der Waals surface area contributed by atoms with Gasteiger partial charge in [0.1, 0.15) is 23.9 Å². The van der Waals surface area contributed by atoms with Gasteiger partial charge in [-0.15, -0.1) is 0 Å². The molecule has 15 heteroatoms. The highest BCUT2D eigenvalue weighted by Crippen LogP contribution is 2.28. The summed E-state index contributed by atoms with van der Waals surface area (Å²) < 4.78 is 0. The number of amides is 6. The third-order valence-electron chi connectivity index (χ3n) is 13.7. The Morgan fingerprint density at radius 2 is 1.24 bits per heavy atom. The number of nitrogens with one attached hydrogen (secondary N) is 5. The van der Waals surface area contributed by atoms with Gasteiger partial charge in [-0.2, -0.15) is 0 Å². The standard InChI is InChI=1S/C51H73N7O8/c1-5-34(2)46(61)55-40-23-13-15-26-53-47(62)39(30-36-18-8-6-9-19-36)33-45(60)42-24-16-28-57(42)50(65)38(32-44(59)35(3)52-4)22-12-14-27-54-48(63)41(31-37-20-10-7-11-21-37)56-49(64)43-25-17-29-58(43)51(40)66/h6-11,18-21,34-35,38-43,52H,5,12-17,22-33H2,1-4H3,(H,53,62)(H,54,63)(H,55,61)(H,56,64)/t34-,35+,38-,39-,40+,41+,42?,43+/m1/s1. The molecule has 360 valence electrons. The van der Waals surface area contributed by atoms with Gasteiger partial charge in [0.2, 0.25) is 35.4 Å². The Balaban J connectivity index is 1.41. The van der Waals surface area contributed by atoms with Crippen molar-refractivity contribution in [1.29, 1.82) is 0 Å². The number of benzene rings is 2. The van der Waals surface area contributed by atoms with E-state index in [0.29, 0.717) is 83.7 Å². The van der Waals surface area contributed by atoms with Gasteiger partial charge in [0.15, 0.2) is 5.78 Å². The van der Waals surface area contributed by atoms with Crippen LogP contribution in [0.1, 0.15) is 115 Å². The number of likely N-dealkylation sites (N-methyl/N-ethyl adjacent to an activating group) is 1. The van der Waals surface area contributed by atoms with E-state index in [0.717, 1.165) is 11.1 Å². The van der Waals surface area contributed by atoms with Crippen molar-refractivity contribution in [3.05, 3.63) is 71.8 Å². The van der Waals surface area contributed by atoms with Gasteiger partial charge in [0, 0.05) is 63.2 Å². The molecule has 5 rings (SSSR count). The van der Waals surface area contributed by atoms with E-state index < -0.39 is 48.0 Å². The average molecular weight is 912 g/mol. The minimum Gasteiger partial charge on any atom is -0.356 e. The average Bonchev–Trinajstić information content (AvgIpc) is 4.03. The van der Waals surface area contributed by atoms with Crippen LogP contribution in [0.2, 0.25) is 0 Å². The summed E-state index contributed by atoms with van der Waals surface area (Å²) in [6.45, 7) is 6.67. The molecule has 2 aromatic carbocycles. The Bertz CT molecular complexity index is 1820. The molecule has 3 fully saturated rings. The molecule has 5 N–H and O–H groups in total. The smallest absolute Gasteiger partial charge is 0.245 e. The van der Waals surface area contributed by atoms with Crippen LogP contribution in [0.25, 0.3) is 0 Å². The van der Waals surface area contributed by atoms with Crippen LogP contribution >= 0.6 is 0 Å². The number of ketones is 2. The van der Waals surface area contributed by atoms with Crippen molar-refractivity contribution in [3.63, 3.8) is 0 Å². The zero-order valence-electron chi connectivity index (χ0n) is 39.5.